The molecule has 0 spiro atoms. The maximum atomic E-state index is 6.03. The third-order valence-electron chi connectivity index (χ3n) is 3.29. The molecule has 0 amide bonds. The van der Waals surface area contributed by atoms with Gasteiger partial charge in [-0.1, -0.05) is 41.9 Å². The van der Waals surface area contributed by atoms with Crippen molar-refractivity contribution in [3.05, 3.63) is 62.1 Å². The van der Waals surface area contributed by atoms with Gasteiger partial charge < -0.3 is 5.32 Å². The van der Waals surface area contributed by atoms with E-state index in [1.54, 1.807) is 22.7 Å². The molecule has 0 bridgehead atoms. The first kappa shape index (κ1) is 14.7. The molecule has 0 fully saturated rings. The number of nitrogens with zero attached hydrogens (tertiary/aromatic N) is 1. The highest BCUT2D eigenvalue weighted by Gasteiger charge is 2.15. The summed E-state index contributed by atoms with van der Waals surface area (Å²) < 4.78 is 0.828. The molecule has 0 aliphatic carbocycles. The SMILES string of the molecule is CNC(Cc1nc(-c2ccccc2)cs1)c1ccc(Cl)s1. The van der Waals surface area contributed by atoms with Crippen LogP contribution in [0.1, 0.15) is 15.9 Å². The van der Waals surface area contributed by atoms with Crippen LogP contribution < -0.4 is 5.32 Å². The Bertz CT molecular complexity index is 706. The van der Waals surface area contributed by atoms with Crippen molar-refractivity contribution < 1.29 is 0 Å². The molecule has 2 aromatic heterocycles. The fraction of sp³-hybridized carbons (Fsp3) is 0.188. The van der Waals surface area contributed by atoms with Crippen LogP contribution in [0.15, 0.2) is 47.8 Å². The van der Waals surface area contributed by atoms with E-state index < -0.39 is 0 Å². The van der Waals surface area contributed by atoms with Gasteiger partial charge in [0.1, 0.15) is 0 Å². The summed E-state index contributed by atoms with van der Waals surface area (Å²) >= 11 is 9.36. The number of nitrogens with one attached hydrogen (secondary N) is 1. The average molecular weight is 335 g/mol. The Hall–Kier alpha value is -1.20. The third-order valence-corrected chi connectivity index (χ3v) is 5.50. The van der Waals surface area contributed by atoms with Crippen LogP contribution in [-0.4, -0.2) is 12.0 Å². The number of rotatable bonds is 5. The van der Waals surface area contributed by atoms with Crippen molar-refractivity contribution in [1.82, 2.24) is 10.3 Å². The Balaban J connectivity index is 1.77. The van der Waals surface area contributed by atoms with Crippen LogP contribution in [0.4, 0.5) is 0 Å². The van der Waals surface area contributed by atoms with Crippen LogP contribution in [0.5, 0.6) is 0 Å². The van der Waals surface area contributed by atoms with Crippen molar-refractivity contribution in [2.24, 2.45) is 0 Å². The lowest BCUT2D eigenvalue weighted by Gasteiger charge is -2.12. The maximum Gasteiger partial charge on any atom is 0.0951 e. The molecule has 2 heterocycles. The standard InChI is InChI=1S/C16H15ClN2S2/c1-18-12(14-7-8-15(17)21-14)9-16-19-13(10-20-16)11-5-3-2-4-6-11/h2-8,10,12,18H,9H2,1H3. The zero-order chi connectivity index (χ0) is 14.7. The zero-order valence-electron chi connectivity index (χ0n) is 11.5. The van der Waals surface area contributed by atoms with Crippen LogP contribution in [0, 0.1) is 0 Å². The van der Waals surface area contributed by atoms with Crippen molar-refractivity contribution in [3.63, 3.8) is 0 Å². The summed E-state index contributed by atoms with van der Waals surface area (Å²) in [7, 11) is 1.98. The summed E-state index contributed by atoms with van der Waals surface area (Å²) in [6, 6.07) is 14.6. The molecule has 0 saturated carbocycles. The number of halogens is 1. The van der Waals surface area contributed by atoms with E-state index in [9.17, 15) is 0 Å². The predicted molar refractivity (Wildman–Crippen MR) is 92.4 cm³/mol. The Morgan fingerprint density at radius 1 is 1.19 bits per heavy atom. The quantitative estimate of drug-likeness (QED) is 0.708. The molecule has 1 N–H and O–H groups in total. The van der Waals surface area contributed by atoms with Crippen LogP contribution >= 0.6 is 34.3 Å². The lowest BCUT2D eigenvalue weighted by atomic mass is 10.1. The second-order valence-corrected chi connectivity index (χ2v) is 7.37. The first-order valence-corrected chi connectivity index (χ1v) is 8.76. The zero-order valence-corrected chi connectivity index (χ0v) is 13.9. The van der Waals surface area contributed by atoms with Gasteiger partial charge in [-0.25, -0.2) is 4.98 Å². The van der Waals surface area contributed by atoms with E-state index in [0.717, 1.165) is 21.5 Å². The van der Waals surface area contributed by atoms with Gasteiger partial charge in [-0.3, -0.25) is 0 Å². The Kier molecular flexibility index (Phi) is 4.70. The number of hydrogen-bond donors (Lipinski definition) is 1. The number of likely N-dealkylation sites (N-methyl/N-ethyl adjacent to an activating group) is 1. The molecule has 0 saturated heterocycles. The van der Waals surface area contributed by atoms with Crippen molar-refractivity contribution in [2.75, 3.05) is 7.05 Å². The summed E-state index contributed by atoms with van der Waals surface area (Å²) in [5.41, 5.74) is 2.22. The fourth-order valence-corrected chi connectivity index (χ4v) is 4.20. The summed E-state index contributed by atoms with van der Waals surface area (Å²) in [4.78, 5) is 6.00. The molecule has 108 valence electrons. The smallest absolute Gasteiger partial charge is 0.0951 e. The lowest BCUT2D eigenvalue weighted by Crippen LogP contribution is -2.17. The highest BCUT2D eigenvalue weighted by atomic mass is 35.5. The Labute approximate surface area is 137 Å². The molecule has 0 aliphatic rings. The number of benzene rings is 1. The summed E-state index contributed by atoms with van der Waals surface area (Å²) in [5.74, 6) is 0. The molecule has 5 heteroatoms. The normalized spacial score (nSPS) is 12.5. The van der Waals surface area contributed by atoms with E-state index in [2.05, 4.69) is 28.9 Å². The van der Waals surface area contributed by atoms with Gasteiger partial charge in [-0.15, -0.1) is 22.7 Å². The highest BCUT2D eigenvalue weighted by Crippen LogP contribution is 2.30. The number of thiophene rings is 1. The van der Waals surface area contributed by atoms with Crippen LogP contribution in [-0.2, 0) is 6.42 Å². The second kappa shape index (κ2) is 6.71. The summed E-state index contributed by atoms with van der Waals surface area (Å²) in [5, 5.41) is 6.61. The molecule has 1 unspecified atom stereocenters. The fourth-order valence-electron chi connectivity index (χ4n) is 2.18. The van der Waals surface area contributed by atoms with Gasteiger partial charge in [0.2, 0.25) is 0 Å². The number of hydrogen-bond acceptors (Lipinski definition) is 4. The van der Waals surface area contributed by atoms with E-state index in [0.29, 0.717) is 0 Å². The van der Waals surface area contributed by atoms with E-state index in [1.165, 1.54) is 10.4 Å². The molecule has 3 rings (SSSR count). The maximum absolute atomic E-state index is 6.03. The summed E-state index contributed by atoms with van der Waals surface area (Å²) in [6.45, 7) is 0. The molecule has 2 nitrogen and oxygen atoms in total. The van der Waals surface area contributed by atoms with Crippen molar-refractivity contribution >= 4 is 34.3 Å². The van der Waals surface area contributed by atoms with Crippen molar-refractivity contribution in [3.8, 4) is 11.3 Å². The Morgan fingerprint density at radius 2 is 2.00 bits per heavy atom. The monoisotopic (exact) mass is 334 g/mol. The van der Waals surface area contributed by atoms with Crippen LogP contribution in [0.25, 0.3) is 11.3 Å². The Morgan fingerprint density at radius 3 is 2.67 bits per heavy atom. The van der Waals surface area contributed by atoms with E-state index in [-0.39, 0.29) is 6.04 Å². The van der Waals surface area contributed by atoms with Crippen LogP contribution in [0.3, 0.4) is 0 Å². The highest BCUT2D eigenvalue weighted by molar-refractivity contribution is 7.16. The van der Waals surface area contributed by atoms with Gasteiger partial charge in [-0.2, -0.15) is 0 Å². The third kappa shape index (κ3) is 3.52. The van der Waals surface area contributed by atoms with E-state index in [4.69, 9.17) is 16.6 Å². The minimum Gasteiger partial charge on any atom is -0.312 e. The first-order valence-electron chi connectivity index (χ1n) is 6.68. The second-order valence-electron chi connectivity index (χ2n) is 4.68. The average Bonchev–Trinajstić information content (AvgIpc) is 3.15. The summed E-state index contributed by atoms with van der Waals surface area (Å²) in [6.07, 6.45) is 0.880. The molecule has 1 atom stereocenters. The molecule has 0 aliphatic heterocycles. The van der Waals surface area contributed by atoms with Crippen molar-refractivity contribution in [1.29, 1.82) is 0 Å². The molecule has 21 heavy (non-hydrogen) atoms. The lowest BCUT2D eigenvalue weighted by molar-refractivity contribution is 0.600. The van der Waals surface area contributed by atoms with Gasteiger partial charge in [0, 0.05) is 28.3 Å². The van der Waals surface area contributed by atoms with Crippen LogP contribution in [0.2, 0.25) is 4.34 Å². The van der Waals surface area contributed by atoms with Gasteiger partial charge in [0.15, 0.2) is 0 Å². The topological polar surface area (TPSA) is 24.9 Å². The van der Waals surface area contributed by atoms with Gasteiger partial charge in [0.05, 0.1) is 15.0 Å². The minimum absolute atomic E-state index is 0.261. The predicted octanol–water partition coefficient (Wildman–Crippen LogP) is 5.03. The van der Waals surface area contributed by atoms with Gasteiger partial charge in [-0.05, 0) is 19.2 Å². The molecule has 0 radical (unpaired) electrons. The largest absolute Gasteiger partial charge is 0.312 e. The van der Waals surface area contributed by atoms with E-state index in [1.807, 2.05) is 31.3 Å². The van der Waals surface area contributed by atoms with E-state index >= 15 is 0 Å². The van der Waals surface area contributed by atoms with Gasteiger partial charge >= 0.3 is 0 Å². The number of thiazole rings is 1. The number of aromatic nitrogens is 1. The molecular weight excluding hydrogens is 320 g/mol. The van der Waals surface area contributed by atoms with Crippen molar-refractivity contribution in [2.45, 2.75) is 12.5 Å². The molecular formula is C16H15ClN2S2. The molecule has 3 aromatic rings. The first-order chi connectivity index (χ1) is 10.3. The minimum atomic E-state index is 0.261. The molecule has 1 aromatic carbocycles. The van der Waals surface area contributed by atoms with Gasteiger partial charge in [0.25, 0.3) is 0 Å².